The Balaban J connectivity index is 1.86. The molecule has 1 aliphatic carbocycles. The monoisotopic (exact) mass is 347 g/mol. The van der Waals surface area contributed by atoms with Crippen LogP contribution >= 0.6 is 0 Å². The first-order chi connectivity index (χ1) is 11.4. The molecule has 0 saturated heterocycles. The summed E-state index contributed by atoms with van der Waals surface area (Å²) in [6, 6.07) is 9.94. The Bertz CT molecular complexity index is 805. The van der Waals surface area contributed by atoms with Gasteiger partial charge in [-0.05, 0) is 56.2 Å². The van der Waals surface area contributed by atoms with Crippen LogP contribution in [0.4, 0.5) is 0 Å². The molecule has 1 fully saturated rings. The van der Waals surface area contributed by atoms with Crippen molar-refractivity contribution in [2.75, 3.05) is 5.75 Å². The fourth-order valence-electron chi connectivity index (χ4n) is 2.80. The van der Waals surface area contributed by atoms with Gasteiger partial charge in [0.05, 0.1) is 23.0 Å². The van der Waals surface area contributed by atoms with E-state index in [4.69, 9.17) is 4.42 Å². The second-order valence-electron chi connectivity index (χ2n) is 6.06. The first kappa shape index (κ1) is 16.8. The number of hydrogen-bond acceptors (Lipinski definition) is 4. The van der Waals surface area contributed by atoms with Gasteiger partial charge < -0.3 is 9.32 Å². The van der Waals surface area contributed by atoms with Gasteiger partial charge in [-0.1, -0.05) is 6.92 Å². The van der Waals surface area contributed by atoms with Crippen LogP contribution in [0, 0.1) is 0 Å². The molecular formula is C18H21NO4S. The minimum absolute atomic E-state index is 0.0457. The van der Waals surface area contributed by atoms with Crippen molar-refractivity contribution in [3.05, 3.63) is 54.0 Å². The number of benzene rings is 1. The normalized spacial score (nSPS) is 15.9. The summed E-state index contributed by atoms with van der Waals surface area (Å²) in [6.07, 6.45) is 3.57. The van der Waals surface area contributed by atoms with Gasteiger partial charge in [0.25, 0.3) is 5.91 Å². The molecule has 0 aliphatic heterocycles. The molecule has 3 rings (SSSR count). The summed E-state index contributed by atoms with van der Waals surface area (Å²) in [4.78, 5) is 15.0. The third-order valence-electron chi connectivity index (χ3n) is 4.39. The quantitative estimate of drug-likeness (QED) is 0.803. The number of sulfone groups is 1. The minimum atomic E-state index is -3.26. The van der Waals surface area contributed by atoms with Crippen LogP contribution in [0.1, 0.15) is 48.8 Å². The molecule has 1 amide bonds. The van der Waals surface area contributed by atoms with Crippen molar-refractivity contribution in [3.63, 3.8) is 0 Å². The lowest BCUT2D eigenvalue weighted by Gasteiger charge is -2.28. The van der Waals surface area contributed by atoms with Crippen LogP contribution in [0.2, 0.25) is 0 Å². The van der Waals surface area contributed by atoms with Crippen LogP contribution in [0.3, 0.4) is 0 Å². The van der Waals surface area contributed by atoms with E-state index in [0.29, 0.717) is 5.56 Å². The Morgan fingerprint density at radius 1 is 1.25 bits per heavy atom. The predicted octanol–water partition coefficient (Wildman–Crippen LogP) is 3.44. The van der Waals surface area contributed by atoms with E-state index >= 15 is 0 Å². The summed E-state index contributed by atoms with van der Waals surface area (Å²) in [5, 5.41) is 0. The zero-order valence-electron chi connectivity index (χ0n) is 13.8. The van der Waals surface area contributed by atoms with Crippen LogP contribution in [0.15, 0.2) is 52.0 Å². The third-order valence-corrected chi connectivity index (χ3v) is 6.14. The largest absolute Gasteiger partial charge is 0.467 e. The van der Waals surface area contributed by atoms with Gasteiger partial charge in [-0.2, -0.15) is 0 Å². The molecule has 128 valence electrons. The molecule has 1 aromatic heterocycles. The molecule has 1 aromatic carbocycles. The maximum absolute atomic E-state index is 12.9. The first-order valence-corrected chi connectivity index (χ1v) is 9.78. The zero-order valence-corrected chi connectivity index (χ0v) is 14.6. The van der Waals surface area contributed by atoms with Crippen molar-refractivity contribution in [3.8, 4) is 0 Å². The van der Waals surface area contributed by atoms with E-state index in [0.717, 1.165) is 18.6 Å². The molecular weight excluding hydrogens is 326 g/mol. The van der Waals surface area contributed by atoms with Crippen molar-refractivity contribution in [2.24, 2.45) is 0 Å². The van der Waals surface area contributed by atoms with Gasteiger partial charge in [0.2, 0.25) is 0 Å². The summed E-state index contributed by atoms with van der Waals surface area (Å²) < 4.78 is 29.2. The number of carbonyl (C=O) groups excluding carboxylic acids is 1. The van der Waals surface area contributed by atoms with Gasteiger partial charge >= 0.3 is 0 Å². The van der Waals surface area contributed by atoms with Crippen molar-refractivity contribution in [1.29, 1.82) is 0 Å². The number of nitrogens with zero attached hydrogens (tertiary/aromatic N) is 1. The first-order valence-electron chi connectivity index (χ1n) is 8.13. The number of hydrogen-bond donors (Lipinski definition) is 0. The Hall–Kier alpha value is -2.08. The maximum atomic E-state index is 12.9. The van der Waals surface area contributed by atoms with Crippen LogP contribution in [-0.2, 0) is 9.84 Å². The second kappa shape index (κ2) is 6.43. The molecule has 1 aliphatic rings. The standard InChI is InChI=1S/C18H21NO4S/c1-3-24(21,22)16-10-6-14(7-11-16)18(20)19(15-8-9-15)13(2)17-5-4-12-23-17/h4-7,10-13,15H,3,8-9H2,1-2H3. The van der Waals surface area contributed by atoms with Crippen molar-refractivity contribution in [2.45, 2.75) is 43.7 Å². The Kier molecular flexibility index (Phi) is 4.49. The van der Waals surface area contributed by atoms with Gasteiger partial charge in [-0.15, -0.1) is 0 Å². The molecule has 0 radical (unpaired) electrons. The van der Waals surface area contributed by atoms with Gasteiger partial charge in [0, 0.05) is 11.6 Å². The van der Waals surface area contributed by atoms with Gasteiger partial charge in [-0.3, -0.25) is 4.79 Å². The molecule has 1 atom stereocenters. The van der Waals surface area contributed by atoms with Crippen molar-refractivity contribution < 1.29 is 17.6 Å². The lowest BCUT2D eigenvalue weighted by atomic mass is 10.1. The van der Waals surface area contributed by atoms with E-state index in [1.165, 1.54) is 12.1 Å². The van der Waals surface area contributed by atoms with Crippen LogP contribution in [-0.4, -0.2) is 31.0 Å². The Labute approximate surface area is 142 Å². The molecule has 0 spiro atoms. The molecule has 2 aromatic rings. The molecule has 0 bridgehead atoms. The number of amides is 1. The maximum Gasteiger partial charge on any atom is 0.254 e. The third kappa shape index (κ3) is 3.24. The molecule has 1 saturated carbocycles. The van der Waals surface area contributed by atoms with Gasteiger partial charge in [0.1, 0.15) is 5.76 Å². The van der Waals surface area contributed by atoms with E-state index in [9.17, 15) is 13.2 Å². The molecule has 0 N–H and O–H groups in total. The van der Waals surface area contributed by atoms with Gasteiger partial charge in [-0.25, -0.2) is 8.42 Å². The lowest BCUT2D eigenvalue weighted by Crippen LogP contribution is -2.35. The molecule has 6 heteroatoms. The van der Waals surface area contributed by atoms with Crippen LogP contribution in [0.25, 0.3) is 0 Å². The Morgan fingerprint density at radius 3 is 2.42 bits per heavy atom. The average molecular weight is 347 g/mol. The van der Waals surface area contributed by atoms with E-state index in [-0.39, 0.29) is 28.6 Å². The fourth-order valence-corrected chi connectivity index (χ4v) is 3.68. The lowest BCUT2D eigenvalue weighted by molar-refractivity contribution is 0.0652. The van der Waals surface area contributed by atoms with E-state index in [1.54, 1.807) is 25.3 Å². The highest BCUT2D eigenvalue weighted by molar-refractivity contribution is 7.91. The SMILES string of the molecule is CCS(=O)(=O)c1ccc(C(=O)N(C2CC2)C(C)c2ccco2)cc1. The second-order valence-corrected chi connectivity index (χ2v) is 8.34. The highest BCUT2D eigenvalue weighted by Gasteiger charge is 2.37. The van der Waals surface area contributed by atoms with Crippen LogP contribution in [0.5, 0.6) is 0 Å². The molecule has 5 nitrogen and oxygen atoms in total. The predicted molar refractivity (Wildman–Crippen MR) is 90.5 cm³/mol. The summed E-state index contributed by atoms with van der Waals surface area (Å²) in [7, 11) is -3.26. The zero-order chi connectivity index (χ0) is 17.3. The average Bonchev–Trinajstić information content (AvgIpc) is 3.26. The van der Waals surface area contributed by atoms with Crippen molar-refractivity contribution >= 4 is 15.7 Å². The Morgan fingerprint density at radius 2 is 1.92 bits per heavy atom. The topological polar surface area (TPSA) is 67.6 Å². The fraction of sp³-hybridized carbons (Fsp3) is 0.389. The summed E-state index contributed by atoms with van der Waals surface area (Å²) >= 11 is 0. The van der Waals surface area contributed by atoms with Crippen molar-refractivity contribution in [1.82, 2.24) is 4.90 Å². The van der Waals surface area contributed by atoms with E-state index < -0.39 is 9.84 Å². The van der Waals surface area contributed by atoms with Crippen LogP contribution < -0.4 is 0 Å². The summed E-state index contributed by atoms with van der Waals surface area (Å²) in [6.45, 7) is 3.55. The minimum Gasteiger partial charge on any atom is -0.467 e. The number of rotatable bonds is 6. The molecule has 1 heterocycles. The van der Waals surface area contributed by atoms with E-state index in [1.807, 2.05) is 24.0 Å². The van der Waals surface area contributed by atoms with E-state index in [2.05, 4.69) is 0 Å². The highest BCUT2D eigenvalue weighted by Crippen LogP contribution is 2.35. The smallest absolute Gasteiger partial charge is 0.254 e. The number of carbonyl (C=O) groups is 1. The summed E-state index contributed by atoms with van der Waals surface area (Å²) in [5.41, 5.74) is 0.496. The molecule has 24 heavy (non-hydrogen) atoms. The number of furan rings is 1. The summed E-state index contributed by atoms with van der Waals surface area (Å²) in [5.74, 6) is 0.701. The van der Waals surface area contributed by atoms with Gasteiger partial charge in [0.15, 0.2) is 9.84 Å². The highest BCUT2D eigenvalue weighted by atomic mass is 32.2. The molecule has 1 unspecified atom stereocenters.